The largest absolute Gasteiger partial charge is 0.381 e. The second kappa shape index (κ2) is 6.04. The van der Waals surface area contributed by atoms with Crippen LogP contribution in [0, 0.1) is 5.82 Å². The topological polar surface area (TPSA) is 15.3 Å². The molecule has 3 rings (SSSR count). The summed E-state index contributed by atoms with van der Waals surface area (Å²) in [6, 6.07) is 6.11. The molecule has 1 atom stereocenters. The quantitative estimate of drug-likeness (QED) is 0.908. The lowest BCUT2D eigenvalue weighted by Gasteiger charge is -2.24. The first-order chi connectivity index (χ1) is 9.33. The van der Waals surface area contributed by atoms with Gasteiger partial charge >= 0.3 is 0 Å². The Balaban J connectivity index is 1.67. The summed E-state index contributed by atoms with van der Waals surface area (Å²) < 4.78 is 14.2. The molecule has 2 nitrogen and oxygen atoms in total. The van der Waals surface area contributed by atoms with E-state index < -0.39 is 0 Å². The molecule has 104 valence electrons. The molecule has 1 aromatic carbocycles. The Bertz CT molecular complexity index is 426. The summed E-state index contributed by atoms with van der Waals surface area (Å²) in [6.45, 7) is 1.98. The van der Waals surface area contributed by atoms with Crippen molar-refractivity contribution in [1.82, 2.24) is 0 Å². The van der Waals surface area contributed by atoms with Crippen LogP contribution >= 0.6 is 11.8 Å². The molecule has 19 heavy (non-hydrogen) atoms. The van der Waals surface area contributed by atoms with Crippen LogP contribution in [0.1, 0.15) is 25.7 Å². The number of nitrogens with one attached hydrogen (secondary N) is 1. The molecule has 2 saturated heterocycles. The molecule has 4 heteroatoms. The highest BCUT2D eigenvalue weighted by Gasteiger charge is 2.17. The number of thioether (sulfide) groups is 1. The van der Waals surface area contributed by atoms with E-state index in [-0.39, 0.29) is 5.82 Å². The van der Waals surface area contributed by atoms with Crippen LogP contribution in [0.3, 0.4) is 0 Å². The molecule has 0 amide bonds. The molecule has 2 aliphatic heterocycles. The minimum atomic E-state index is -0.0876. The molecule has 0 bridgehead atoms. The third-order valence-electron chi connectivity index (χ3n) is 3.93. The highest BCUT2D eigenvalue weighted by Crippen LogP contribution is 2.27. The summed E-state index contributed by atoms with van der Waals surface area (Å²) in [5.74, 6) is 2.31. The summed E-state index contributed by atoms with van der Waals surface area (Å²) in [5.41, 5.74) is 1.69. The molecule has 0 radical (unpaired) electrons. The van der Waals surface area contributed by atoms with E-state index >= 15 is 0 Å². The Morgan fingerprint density at radius 2 is 2.05 bits per heavy atom. The molecule has 1 N–H and O–H groups in total. The fourth-order valence-corrected chi connectivity index (χ4v) is 3.97. The van der Waals surface area contributed by atoms with Gasteiger partial charge in [-0.05, 0) is 49.6 Å². The summed E-state index contributed by atoms with van der Waals surface area (Å²) >= 11 is 1.99. The van der Waals surface area contributed by atoms with Gasteiger partial charge in [0.1, 0.15) is 5.82 Å². The lowest BCUT2D eigenvalue weighted by Crippen LogP contribution is -2.26. The average Bonchev–Trinajstić information content (AvgIpc) is 2.94. The highest BCUT2D eigenvalue weighted by atomic mass is 32.2. The van der Waals surface area contributed by atoms with Gasteiger partial charge in [-0.2, -0.15) is 11.8 Å². The molecule has 0 spiro atoms. The maximum absolute atomic E-state index is 14.2. The molecule has 1 aromatic rings. The molecule has 0 saturated carbocycles. The van der Waals surface area contributed by atoms with Crippen molar-refractivity contribution in [2.75, 3.05) is 34.8 Å². The summed E-state index contributed by atoms with van der Waals surface area (Å²) in [6.07, 6.45) is 4.82. The van der Waals surface area contributed by atoms with Gasteiger partial charge in [-0.3, -0.25) is 0 Å². The Labute approximate surface area is 118 Å². The van der Waals surface area contributed by atoms with Crippen LogP contribution in [0.15, 0.2) is 18.2 Å². The second-order valence-electron chi connectivity index (χ2n) is 5.42. The standard InChI is InChI=1S/C15H21FN2S/c16-14-10-12(17-13-4-3-9-19-11-13)5-6-15(14)18-7-1-2-8-18/h5-6,10,13,17H,1-4,7-9,11H2. The third kappa shape index (κ3) is 3.16. The van der Waals surface area contributed by atoms with Gasteiger partial charge < -0.3 is 10.2 Å². The van der Waals surface area contributed by atoms with Gasteiger partial charge in [0.05, 0.1) is 5.69 Å². The second-order valence-corrected chi connectivity index (χ2v) is 6.57. The number of rotatable bonds is 3. The molecule has 0 aliphatic carbocycles. The van der Waals surface area contributed by atoms with Crippen LogP contribution in [-0.4, -0.2) is 30.6 Å². The number of hydrogen-bond donors (Lipinski definition) is 1. The summed E-state index contributed by atoms with van der Waals surface area (Å²) in [7, 11) is 0. The van der Waals surface area contributed by atoms with E-state index in [1.165, 1.54) is 31.4 Å². The highest BCUT2D eigenvalue weighted by molar-refractivity contribution is 7.99. The molecular weight excluding hydrogens is 259 g/mol. The number of nitrogens with zero attached hydrogens (tertiary/aromatic N) is 1. The van der Waals surface area contributed by atoms with Gasteiger partial charge in [0.2, 0.25) is 0 Å². The van der Waals surface area contributed by atoms with Crippen molar-refractivity contribution in [3.05, 3.63) is 24.0 Å². The van der Waals surface area contributed by atoms with Crippen molar-refractivity contribution in [2.24, 2.45) is 0 Å². The minimum Gasteiger partial charge on any atom is -0.381 e. The fourth-order valence-electron chi connectivity index (χ4n) is 2.90. The monoisotopic (exact) mass is 280 g/mol. The number of benzene rings is 1. The van der Waals surface area contributed by atoms with Crippen molar-refractivity contribution in [1.29, 1.82) is 0 Å². The van der Waals surface area contributed by atoms with Crippen molar-refractivity contribution < 1.29 is 4.39 Å². The number of hydrogen-bond acceptors (Lipinski definition) is 3. The van der Waals surface area contributed by atoms with Crippen molar-refractivity contribution in [3.8, 4) is 0 Å². The van der Waals surface area contributed by atoms with Crippen LogP contribution in [-0.2, 0) is 0 Å². The van der Waals surface area contributed by atoms with E-state index in [0.717, 1.165) is 30.2 Å². The third-order valence-corrected chi connectivity index (χ3v) is 5.14. The predicted molar refractivity (Wildman–Crippen MR) is 81.8 cm³/mol. The number of anilines is 2. The smallest absolute Gasteiger partial charge is 0.148 e. The van der Waals surface area contributed by atoms with E-state index in [4.69, 9.17) is 0 Å². The van der Waals surface area contributed by atoms with E-state index in [2.05, 4.69) is 10.2 Å². The first kappa shape index (κ1) is 13.1. The van der Waals surface area contributed by atoms with Crippen LogP contribution in [0.5, 0.6) is 0 Å². The molecule has 2 heterocycles. The summed E-state index contributed by atoms with van der Waals surface area (Å²) in [5, 5.41) is 3.46. The summed E-state index contributed by atoms with van der Waals surface area (Å²) in [4.78, 5) is 2.15. The van der Waals surface area contributed by atoms with E-state index in [9.17, 15) is 4.39 Å². The first-order valence-electron chi connectivity index (χ1n) is 7.22. The van der Waals surface area contributed by atoms with E-state index in [1.807, 2.05) is 23.9 Å². The molecular formula is C15H21FN2S. The average molecular weight is 280 g/mol. The Hall–Kier alpha value is -0.900. The normalized spacial score (nSPS) is 23.6. The van der Waals surface area contributed by atoms with Gasteiger partial charge in [-0.1, -0.05) is 0 Å². The first-order valence-corrected chi connectivity index (χ1v) is 8.37. The van der Waals surface area contributed by atoms with Gasteiger partial charge in [0.25, 0.3) is 0 Å². The van der Waals surface area contributed by atoms with Crippen LogP contribution < -0.4 is 10.2 Å². The van der Waals surface area contributed by atoms with Gasteiger partial charge in [0, 0.05) is 30.6 Å². The number of halogens is 1. The van der Waals surface area contributed by atoms with Crippen LogP contribution in [0.4, 0.5) is 15.8 Å². The predicted octanol–water partition coefficient (Wildman–Crippen LogP) is 3.73. The van der Waals surface area contributed by atoms with E-state index in [0.29, 0.717) is 6.04 Å². The Kier molecular flexibility index (Phi) is 4.16. The van der Waals surface area contributed by atoms with Crippen molar-refractivity contribution in [2.45, 2.75) is 31.7 Å². The van der Waals surface area contributed by atoms with Crippen molar-refractivity contribution in [3.63, 3.8) is 0 Å². The minimum absolute atomic E-state index is 0.0876. The lowest BCUT2D eigenvalue weighted by atomic mass is 10.1. The van der Waals surface area contributed by atoms with Crippen molar-refractivity contribution >= 4 is 23.1 Å². The lowest BCUT2D eigenvalue weighted by molar-refractivity contribution is 0.622. The Morgan fingerprint density at radius 3 is 2.74 bits per heavy atom. The van der Waals surface area contributed by atoms with Gasteiger partial charge in [0.15, 0.2) is 0 Å². The zero-order valence-electron chi connectivity index (χ0n) is 11.2. The van der Waals surface area contributed by atoms with E-state index in [1.54, 1.807) is 6.07 Å². The van der Waals surface area contributed by atoms with Gasteiger partial charge in [-0.15, -0.1) is 0 Å². The van der Waals surface area contributed by atoms with Gasteiger partial charge in [-0.25, -0.2) is 4.39 Å². The van der Waals surface area contributed by atoms with Crippen LogP contribution in [0.2, 0.25) is 0 Å². The zero-order valence-corrected chi connectivity index (χ0v) is 12.0. The maximum atomic E-state index is 14.2. The molecule has 0 aromatic heterocycles. The van der Waals surface area contributed by atoms with Crippen LogP contribution in [0.25, 0.3) is 0 Å². The fraction of sp³-hybridized carbons (Fsp3) is 0.600. The Morgan fingerprint density at radius 1 is 1.21 bits per heavy atom. The maximum Gasteiger partial charge on any atom is 0.148 e. The molecule has 2 fully saturated rings. The molecule has 2 aliphatic rings. The zero-order chi connectivity index (χ0) is 13.1. The molecule has 1 unspecified atom stereocenters. The SMILES string of the molecule is Fc1cc(NC2CCCSC2)ccc1N1CCCC1.